The standard InChI is InChI=1S/C9H10Cl2N2O/c1-13(2)12-9(14)6-3-4-7(10)8(11)5-6/h3-5H,1-2H3,(H,12,14). The summed E-state index contributed by atoms with van der Waals surface area (Å²) in [6.07, 6.45) is 0. The summed E-state index contributed by atoms with van der Waals surface area (Å²) < 4.78 is 0. The van der Waals surface area contributed by atoms with E-state index in [2.05, 4.69) is 5.43 Å². The van der Waals surface area contributed by atoms with Crippen LogP contribution in [0.25, 0.3) is 0 Å². The van der Waals surface area contributed by atoms with Gasteiger partial charge in [-0.2, -0.15) is 0 Å². The molecule has 0 spiro atoms. The van der Waals surface area contributed by atoms with Crippen LogP contribution in [0.5, 0.6) is 0 Å². The van der Waals surface area contributed by atoms with Crippen LogP contribution in [-0.2, 0) is 0 Å². The van der Waals surface area contributed by atoms with Crippen molar-refractivity contribution < 1.29 is 4.79 Å². The number of halogens is 2. The Morgan fingerprint density at radius 3 is 2.43 bits per heavy atom. The molecule has 3 nitrogen and oxygen atoms in total. The number of amides is 1. The predicted octanol–water partition coefficient (Wildman–Crippen LogP) is 2.20. The minimum atomic E-state index is -0.214. The van der Waals surface area contributed by atoms with E-state index in [1.54, 1.807) is 31.2 Å². The largest absolute Gasteiger partial charge is 0.285 e. The predicted molar refractivity (Wildman–Crippen MR) is 57.6 cm³/mol. The number of carbonyl (C=O) groups is 1. The molecule has 76 valence electrons. The van der Waals surface area contributed by atoms with Crippen molar-refractivity contribution >= 4 is 29.1 Å². The van der Waals surface area contributed by atoms with Gasteiger partial charge in [0.05, 0.1) is 10.0 Å². The highest BCUT2D eigenvalue weighted by Crippen LogP contribution is 2.22. The lowest BCUT2D eigenvalue weighted by atomic mass is 10.2. The van der Waals surface area contributed by atoms with Gasteiger partial charge in [0.1, 0.15) is 0 Å². The molecule has 1 N–H and O–H groups in total. The monoisotopic (exact) mass is 232 g/mol. The van der Waals surface area contributed by atoms with Crippen molar-refractivity contribution in [2.45, 2.75) is 0 Å². The van der Waals surface area contributed by atoms with E-state index < -0.39 is 0 Å². The average molecular weight is 233 g/mol. The Morgan fingerprint density at radius 2 is 1.93 bits per heavy atom. The maximum absolute atomic E-state index is 11.5. The van der Waals surface area contributed by atoms with E-state index in [-0.39, 0.29) is 5.91 Å². The number of carbonyl (C=O) groups excluding carboxylic acids is 1. The zero-order valence-electron chi connectivity index (χ0n) is 7.84. The fourth-order valence-electron chi connectivity index (χ4n) is 0.905. The highest BCUT2D eigenvalue weighted by molar-refractivity contribution is 6.42. The average Bonchev–Trinajstić information content (AvgIpc) is 2.08. The zero-order chi connectivity index (χ0) is 10.7. The van der Waals surface area contributed by atoms with Crippen molar-refractivity contribution in [1.29, 1.82) is 0 Å². The SMILES string of the molecule is CN(C)NC(=O)c1ccc(Cl)c(Cl)c1. The molecule has 0 aliphatic rings. The van der Waals surface area contributed by atoms with E-state index in [4.69, 9.17) is 23.2 Å². The molecule has 1 amide bonds. The second kappa shape index (κ2) is 4.64. The van der Waals surface area contributed by atoms with E-state index >= 15 is 0 Å². The number of benzene rings is 1. The molecule has 1 aromatic carbocycles. The zero-order valence-corrected chi connectivity index (χ0v) is 9.36. The van der Waals surface area contributed by atoms with Gasteiger partial charge in [-0.05, 0) is 18.2 Å². The van der Waals surface area contributed by atoms with Crippen LogP contribution in [0.15, 0.2) is 18.2 Å². The van der Waals surface area contributed by atoms with E-state index in [1.807, 2.05) is 0 Å². The molecule has 0 fully saturated rings. The highest BCUT2D eigenvalue weighted by atomic mass is 35.5. The molecule has 0 aliphatic heterocycles. The summed E-state index contributed by atoms with van der Waals surface area (Å²) >= 11 is 11.5. The van der Waals surface area contributed by atoms with E-state index in [9.17, 15) is 4.79 Å². The van der Waals surface area contributed by atoms with Crippen LogP contribution in [0.4, 0.5) is 0 Å². The Kier molecular flexibility index (Phi) is 3.75. The van der Waals surface area contributed by atoms with E-state index in [1.165, 1.54) is 6.07 Å². The molecule has 14 heavy (non-hydrogen) atoms. The lowest BCUT2D eigenvalue weighted by Crippen LogP contribution is -2.36. The van der Waals surface area contributed by atoms with Crippen LogP contribution in [0.3, 0.4) is 0 Å². The van der Waals surface area contributed by atoms with Gasteiger partial charge in [-0.25, -0.2) is 5.01 Å². The first-order valence-electron chi connectivity index (χ1n) is 3.94. The van der Waals surface area contributed by atoms with Crippen molar-refractivity contribution in [2.75, 3.05) is 14.1 Å². The normalized spacial score (nSPS) is 10.4. The van der Waals surface area contributed by atoms with Gasteiger partial charge in [0, 0.05) is 19.7 Å². The summed E-state index contributed by atoms with van der Waals surface area (Å²) in [6.45, 7) is 0. The minimum absolute atomic E-state index is 0.214. The summed E-state index contributed by atoms with van der Waals surface area (Å²) in [6, 6.07) is 4.74. The van der Waals surface area contributed by atoms with Crippen LogP contribution in [0.2, 0.25) is 10.0 Å². The second-order valence-corrected chi connectivity index (χ2v) is 3.78. The van der Waals surface area contributed by atoms with Crippen molar-refractivity contribution in [2.24, 2.45) is 0 Å². The van der Waals surface area contributed by atoms with Gasteiger partial charge in [0.25, 0.3) is 5.91 Å². The maximum atomic E-state index is 11.5. The molecule has 0 saturated heterocycles. The Hall–Kier alpha value is -0.770. The minimum Gasteiger partial charge on any atom is -0.285 e. The van der Waals surface area contributed by atoms with E-state index in [0.717, 1.165) is 0 Å². The van der Waals surface area contributed by atoms with Crippen molar-refractivity contribution in [1.82, 2.24) is 10.4 Å². The number of nitrogens with zero attached hydrogens (tertiary/aromatic N) is 1. The second-order valence-electron chi connectivity index (χ2n) is 2.96. The quantitative estimate of drug-likeness (QED) is 0.794. The number of hydrogen-bond donors (Lipinski definition) is 1. The molecule has 1 aromatic rings. The molecular formula is C9H10Cl2N2O. The van der Waals surface area contributed by atoms with Gasteiger partial charge in [0.15, 0.2) is 0 Å². The van der Waals surface area contributed by atoms with E-state index in [0.29, 0.717) is 15.6 Å². The Bertz CT molecular complexity index is 353. The van der Waals surface area contributed by atoms with Crippen LogP contribution >= 0.6 is 23.2 Å². The van der Waals surface area contributed by atoms with Crippen LogP contribution < -0.4 is 5.43 Å². The summed E-state index contributed by atoms with van der Waals surface area (Å²) in [7, 11) is 3.46. The third kappa shape index (κ3) is 2.87. The summed E-state index contributed by atoms with van der Waals surface area (Å²) in [5.74, 6) is -0.214. The van der Waals surface area contributed by atoms with Gasteiger partial charge < -0.3 is 0 Å². The summed E-state index contributed by atoms with van der Waals surface area (Å²) in [5.41, 5.74) is 3.08. The third-order valence-corrected chi connectivity index (χ3v) is 2.25. The molecule has 0 saturated carbocycles. The van der Waals surface area contributed by atoms with Crippen LogP contribution in [-0.4, -0.2) is 25.0 Å². The first kappa shape index (κ1) is 11.3. The molecule has 5 heteroatoms. The fraction of sp³-hybridized carbons (Fsp3) is 0.222. The Balaban J connectivity index is 2.86. The number of rotatable bonds is 2. The first-order chi connectivity index (χ1) is 6.50. The van der Waals surface area contributed by atoms with Crippen LogP contribution in [0, 0.1) is 0 Å². The number of nitrogens with one attached hydrogen (secondary N) is 1. The Morgan fingerprint density at radius 1 is 1.29 bits per heavy atom. The number of hydrazine groups is 1. The van der Waals surface area contributed by atoms with Crippen molar-refractivity contribution in [3.05, 3.63) is 33.8 Å². The molecule has 0 atom stereocenters. The topological polar surface area (TPSA) is 32.3 Å². The van der Waals surface area contributed by atoms with Gasteiger partial charge in [-0.1, -0.05) is 23.2 Å². The smallest absolute Gasteiger partial charge is 0.265 e. The lowest BCUT2D eigenvalue weighted by Gasteiger charge is -2.11. The van der Waals surface area contributed by atoms with Gasteiger partial charge in [0.2, 0.25) is 0 Å². The number of hydrogen-bond acceptors (Lipinski definition) is 2. The molecule has 0 unspecified atom stereocenters. The molecular weight excluding hydrogens is 223 g/mol. The van der Waals surface area contributed by atoms with Crippen molar-refractivity contribution in [3.63, 3.8) is 0 Å². The first-order valence-corrected chi connectivity index (χ1v) is 4.69. The Labute approximate surface area is 92.6 Å². The van der Waals surface area contributed by atoms with Gasteiger partial charge in [-0.15, -0.1) is 0 Å². The van der Waals surface area contributed by atoms with Crippen LogP contribution in [0.1, 0.15) is 10.4 Å². The maximum Gasteiger partial charge on any atom is 0.265 e. The fourth-order valence-corrected chi connectivity index (χ4v) is 1.20. The van der Waals surface area contributed by atoms with Crippen molar-refractivity contribution in [3.8, 4) is 0 Å². The summed E-state index contributed by atoms with van der Waals surface area (Å²) in [4.78, 5) is 11.5. The molecule has 1 rings (SSSR count). The van der Waals surface area contributed by atoms with Gasteiger partial charge >= 0.3 is 0 Å². The molecule has 0 radical (unpaired) electrons. The molecule has 0 aliphatic carbocycles. The summed E-state index contributed by atoms with van der Waals surface area (Å²) in [5, 5.41) is 2.37. The van der Waals surface area contributed by atoms with Gasteiger partial charge in [-0.3, -0.25) is 10.2 Å². The lowest BCUT2D eigenvalue weighted by molar-refractivity contribution is 0.0857. The molecule has 0 heterocycles. The molecule has 0 aromatic heterocycles. The third-order valence-electron chi connectivity index (χ3n) is 1.51. The molecule has 0 bridgehead atoms. The highest BCUT2D eigenvalue weighted by Gasteiger charge is 2.07.